The Morgan fingerprint density at radius 1 is 1.05 bits per heavy atom. The third kappa shape index (κ3) is 2.70. The van der Waals surface area contributed by atoms with E-state index in [1.807, 2.05) is 6.07 Å². The quantitative estimate of drug-likeness (QED) is 0.822. The van der Waals surface area contributed by atoms with Gasteiger partial charge in [0.2, 0.25) is 0 Å². The second kappa shape index (κ2) is 5.74. The molecule has 4 fully saturated rings. The van der Waals surface area contributed by atoms with Crippen LogP contribution < -0.4 is 5.32 Å². The molecule has 116 valence electrons. The zero-order chi connectivity index (χ0) is 15.0. The van der Waals surface area contributed by atoms with Crippen molar-refractivity contribution in [1.82, 2.24) is 5.32 Å². The molecule has 0 heterocycles. The van der Waals surface area contributed by atoms with Crippen LogP contribution in [-0.2, 0) is 0 Å². The van der Waals surface area contributed by atoms with Crippen molar-refractivity contribution in [2.75, 3.05) is 6.54 Å². The number of hydrogen-bond acceptors (Lipinski definition) is 1. The van der Waals surface area contributed by atoms with Gasteiger partial charge in [-0.3, -0.25) is 0 Å². The summed E-state index contributed by atoms with van der Waals surface area (Å²) in [6.45, 7) is 3.23. The van der Waals surface area contributed by atoms with Crippen molar-refractivity contribution >= 4 is 0 Å². The van der Waals surface area contributed by atoms with Crippen molar-refractivity contribution in [2.24, 2.45) is 23.2 Å². The lowest BCUT2D eigenvalue weighted by Crippen LogP contribution is -2.54. The van der Waals surface area contributed by atoms with Gasteiger partial charge < -0.3 is 5.32 Å². The third-order valence-electron chi connectivity index (χ3n) is 6.51. The van der Waals surface area contributed by atoms with Crippen LogP contribution in [0.2, 0.25) is 0 Å². The Balaban J connectivity index is 1.37. The molecule has 1 heteroatoms. The smallest absolute Gasteiger partial charge is 0.0582 e. The summed E-state index contributed by atoms with van der Waals surface area (Å²) in [6, 6.07) is 10.9. The molecule has 1 N–H and O–H groups in total. The fraction of sp³-hybridized carbons (Fsp3) is 0.619. The van der Waals surface area contributed by atoms with Crippen molar-refractivity contribution in [3.63, 3.8) is 0 Å². The highest BCUT2D eigenvalue weighted by molar-refractivity contribution is 5.33. The minimum atomic E-state index is 0.586. The Hall–Kier alpha value is -1.26. The molecular formula is C21H27N. The zero-order valence-corrected chi connectivity index (χ0v) is 13.6. The number of hydrogen-bond donors (Lipinski definition) is 1. The molecule has 4 aliphatic rings. The molecule has 4 aliphatic carbocycles. The van der Waals surface area contributed by atoms with Crippen LogP contribution in [0.15, 0.2) is 30.3 Å². The highest BCUT2D eigenvalue weighted by atomic mass is 14.9. The number of nitrogens with one attached hydrogen (secondary N) is 1. The summed E-state index contributed by atoms with van der Waals surface area (Å²) < 4.78 is 0. The molecule has 22 heavy (non-hydrogen) atoms. The molecule has 5 rings (SSSR count). The van der Waals surface area contributed by atoms with Crippen LogP contribution in [0.3, 0.4) is 0 Å². The highest BCUT2D eigenvalue weighted by Gasteiger charge is 2.52. The molecule has 1 atom stereocenters. The Kier molecular flexibility index (Phi) is 3.74. The minimum Gasteiger partial charge on any atom is -0.303 e. The van der Waals surface area contributed by atoms with Crippen molar-refractivity contribution in [1.29, 1.82) is 0 Å². The molecule has 1 nitrogen and oxygen atoms in total. The summed E-state index contributed by atoms with van der Waals surface area (Å²) in [6.07, 6.45) is 9.00. The van der Waals surface area contributed by atoms with Crippen LogP contribution in [-0.4, -0.2) is 12.6 Å². The van der Waals surface area contributed by atoms with Gasteiger partial charge in [-0.05, 0) is 80.8 Å². The summed E-state index contributed by atoms with van der Waals surface area (Å²) in [7, 11) is 0. The van der Waals surface area contributed by atoms with Crippen LogP contribution in [0, 0.1) is 35.0 Å². The second-order valence-electron chi connectivity index (χ2n) is 8.05. The lowest BCUT2D eigenvalue weighted by Gasteiger charge is -2.59. The summed E-state index contributed by atoms with van der Waals surface area (Å²) in [5, 5.41) is 3.74. The molecule has 0 aromatic heterocycles. The first-order valence-electron chi connectivity index (χ1n) is 9.01. The molecule has 4 saturated carbocycles. The lowest BCUT2D eigenvalue weighted by molar-refractivity contribution is -0.0697. The van der Waals surface area contributed by atoms with Crippen molar-refractivity contribution in [3.8, 4) is 11.8 Å². The first kappa shape index (κ1) is 14.3. The van der Waals surface area contributed by atoms with Gasteiger partial charge >= 0.3 is 0 Å². The van der Waals surface area contributed by atoms with Gasteiger partial charge in [-0.2, -0.15) is 0 Å². The average Bonchev–Trinajstić information content (AvgIpc) is 2.51. The SMILES string of the molecule is C[C@H](NCC#Cc1ccccc1)C12CC3CC(CC(C3)C1)C2. The lowest BCUT2D eigenvalue weighted by atomic mass is 9.48. The van der Waals surface area contributed by atoms with Crippen LogP contribution >= 0.6 is 0 Å². The molecule has 0 radical (unpaired) electrons. The maximum absolute atomic E-state index is 3.74. The van der Waals surface area contributed by atoms with Crippen molar-refractivity contribution in [2.45, 2.75) is 51.5 Å². The minimum absolute atomic E-state index is 0.586. The van der Waals surface area contributed by atoms with E-state index in [9.17, 15) is 0 Å². The average molecular weight is 293 g/mol. The van der Waals surface area contributed by atoms with Gasteiger partial charge in [0.1, 0.15) is 0 Å². The van der Waals surface area contributed by atoms with E-state index in [4.69, 9.17) is 0 Å². The molecule has 0 aliphatic heterocycles. The maximum atomic E-state index is 3.74. The van der Waals surface area contributed by atoms with E-state index >= 15 is 0 Å². The van der Waals surface area contributed by atoms with E-state index in [-0.39, 0.29) is 0 Å². The van der Waals surface area contributed by atoms with E-state index in [0.717, 1.165) is 29.9 Å². The Labute approximate surface area is 134 Å². The van der Waals surface area contributed by atoms with Gasteiger partial charge in [-0.15, -0.1) is 0 Å². The summed E-state index contributed by atoms with van der Waals surface area (Å²) >= 11 is 0. The number of benzene rings is 1. The van der Waals surface area contributed by atoms with Crippen LogP contribution in [0.4, 0.5) is 0 Å². The van der Waals surface area contributed by atoms with Crippen molar-refractivity contribution in [3.05, 3.63) is 35.9 Å². The van der Waals surface area contributed by atoms with E-state index < -0.39 is 0 Å². The topological polar surface area (TPSA) is 12.0 Å². The highest BCUT2D eigenvalue weighted by Crippen LogP contribution is 2.61. The maximum Gasteiger partial charge on any atom is 0.0582 e. The zero-order valence-electron chi connectivity index (χ0n) is 13.6. The largest absolute Gasteiger partial charge is 0.303 e. The van der Waals surface area contributed by atoms with Gasteiger partial charge in [-0.25, -0.2) is 0 Å². The predicted molar refractivity (Wildman–Crippen MR) is 91.4 cm³/mol. The van der Waals surface area contributed by atoms with Crippen LogP contribution in [0.5, 0.6) is 0 Å². The van der Waals surface area contributed by atoms with E-state index in [2.05, 4.69) is 48.3 Å². The Morgan fingerprint density at radius 3 is 2.23 bits per heavy atom. The molecule has 0 spiro atoms. The molecule has 0 amide bonds. The van der Waals surface area contributed by atoms with Crippen LogP contribution in [0.1, 0.15) is 51.0 Å². The fourth-order valence-corrected chi connectivity index (χ4v) is 5.80. The molecule has 1 aromatic carbocycles. The fourth-order valence-electron chi connectivity index (χ4n) is 5.80. The first-order valence-corrected chi connectivity index (χ1v) is 9.01. The summed E-state index contributed by atoms with van der Waals surface area (Å²) in [5.41, 5.74) is 1.70. The first-order chi connectivity index (χ1) is 10.7. The van der Waals surface area contributed by atoms with E-state index in [0.29, 0.717) is 11.5 Å². The Morgan fingerprint density at radius 2 is 1.64 bits per heavy atom. The van der Waals surface area contributed by atoms with Crippen molar-refractivity contribution < 1.29 is 0 Å². The van der Waals surface area contributed by atoms with Gasteiger partial charge in [0, 0.05) is 11.6 Å². The van der Waals surface area contributed by atoms with Crippen LogP contribution in [0.25, 0.3) is 0 Å². The monoisotopic (exact) mass is 293 g/mol. The second-order valence-corrected chi connectivity index (χ2v) is 8.05. The molecule has 4 bridgehead atoms. The molecule has 0 saturated heterocycles. The standard InChI is InChI=1S/C21H27N/c1-16(22-9-5-8-17-6-3-2-4-7-17)21-13-18-10-19(14-21)12-20(11-18)15-21/h2-4,6-7,16,18-20,22H,9-15H2,1H3/t16-,18?,19?,20?,21?/m0/s1. The molecule has 0 unspecified atom stereocenters. The van der Waals surface area contributed by atoms with E-state index in [1.54, 1.807) is 0 Å². The van der Waals surface area contributed by atoms with Gasteiger partial charge in [0.15, 0.2) is 0 Å². The van der Waals surface area contributed by atoms with E-state index in [1.165, 1.54) is 38.5 Å². The van der Waals surface area contributed by atoms with Gasteiger partial charge in [0.05, 0.1) is 6.54 Å². The molecule has 1 aromatic rings. The summed E-state index contributed by atoms with van der Waals surface area (Å²) in [4.78, 5) is 0. The number of rotatable bonds is 3. The molecular weight excluding hydrogens is 266 g/mol. The van der Waals surface area contributed by atoms with Gasteiger partial charge in [0.25, 0.3) is 0 Å². The third-order valence-corrected chi connectivity index (χ3v) is 6.51. The normalized spacial score (nSPS) is 36.7. The van der Waals surface area contributed by atoms with Gasteiger partial charge in [-0.1, -0.05) is 30.0 Å². The Bertz CT molecular complexity index is 542. The predicted octanol–water partition coefficient (Wildman–Crippen LogP) is 4.23. The summed E-state index contributed by atoms with van der Waals surface area (Å²) in [5.74, 6) is 9.66.